The van der Waals surface area contributed by atoms with Crippen LogP contribution in [-0.4, -0.2) is 22.7 Å². The average molecular weight is 450 g/mol. The summed E-state index contributed by atoms with van der Waals surface area (Å²) in [4.78, 5) is 15.0. The maximum absolute atomic E-state index is 11.9. The second-order valence-corrected chi connectivity index (χ2v) is 8.58. The lowest BCUT2D eigenvalue weighted by molar-refractivity contribution is 0.0690. The number of aryl methyl sites for hydroxylation is 3. The quantitative estimate of drug-likeness (QED) is 0.243. The Hall–Kier alpha value is -4.05. The molecular weight excluding hydrogens is 422 g/mol. The van der Waals surface area contributed by atoms with E-state index < -0.39 is 5.97 Å². The van der Waals surface area contributed by atoms with Crippen LogP contribution in [0.4, 0.5) is 0 Å². The van der Waals surface area contributed by atoms with Crippen molar-refractivity contribution in [3.05, 3.63) is 113 Å². The maximum atomic E-state index is 11.9. The van der Waals surface area contributed by atoms with Gasteiger partial charge in [0.2, 0.25) is 0 Å². The number of carboxylic acids is 1. The lowest BCUT2D eigenvalue weighted by Gasteiger charge is -2.10. The number of carbonyl (C=O) groups is 1. The van der Waals surface area contributed by atoms with Crippen LogP contribution in [0.2, 0.25) is 0 Å². The normalized spacial score (nSPS) is 11.2. The van der Waals surface area contributed by atoms with Gasteiger partial charge in [-0.15, -0.1) is 0 Å². The molecule has 0 spiro atoms. The summed E-state index contributed by atoms with van der Waals surface area (Å²) in [5.41, 5.74) is 4.51. The standard InChI is InChI=1S/C30H27NO3/c32-30(33)29-25(13-7-19-34-28-14-6-11-23-10-4-5-12-24(23)28)26-20-22(17-18-27(26)31-29)16-15-21-8-2-1-3-9-21/h1-6,8-12,14,17-18,20,31H,7,13,15-16,19H2,(H,32,33). The molecular formula is C30H27NO3. The topological polar surface area (TPSA) is 62.3 Å². The lowest BCUT2D eigenvalue weighted by Crippen LogP contribution is -2.04. The van der Waals surface area contributed by atoms with Gasteiger partial charge in [0.15, 0.2) is 0 Å². The molecule has 1 heterocycles. The van der Waals surface area contributed by atoms with E-state index in [1.54, 1.807) is 0 Å². The van der Waals surface area contributed by atoms with E-state index in [-0.39, 0.29) is 5.69 Å². The number of benzene rings is 4. The van der Waals surface area contributed by atoms with E-state index in [0.29, 0.717) is 13.0 Å². The summed E-state index contributed by atoms with van der Waals surface area (Å²) in [7, 11) is 0. The minimum Gasteiger partial charge on any atom is -0.493 e. The molecule has 0 saturated carbocycles. The first kappa shape index (κ1) is 21.8. The van der Waals surface area contributed by atoms with Crippen LogP contribution >= 0.6 is 0 Å². The first-order valence-corrected chi connectivity index (χ1v) is 11.7. The van der Waals surface area contributed by atoms with Crippen LogP contribution in [0.15, 0.2) is 91.0 Å². The molecule has 0 fully saturated rings. The minimum absolute atomic E-state index is 0.278. The SMILES string of the molecule is O=C(O)c1[nH]c2ccc(CCc3ccccc3)cc2c1CCCOc1cccc2ccccc12. The molecule has 0 aliphatic rings. The van der Waals surface area contributed by atoms with Gasteiger partial charge in [-0.05, 0) is 66.0 Å². The highest BCUT2D eigenvalue weighted by Crippen LogP contribution is 2.28. The molecule has 0 aliphatic carbocycles. The largest absolute Gasteiger partial charge is 0.493 e. The van der Waals surface area contributed by atoms with E-state index in [2.05, 4.69) is 59.6 Å². The Morgan fingerprint density at radius 3 is 2.38 bits per heavy atom. The fraction of sp³-hybridized carbons (Fsp3) is 0.167. The number of hydrogen-bond donors (Lipinski definition) is 2. The molecule has 0 bridgehead atoms. The van der Waals surface area contributed by atoms with Crippen molar-refractivity contribution in [3.8, 4) is 5.75 Å². The number of ether oxygens (including phenoxy) is 1. The van der Waals surface area contributed by atoms with Gasteiger partial charge in [0.1, 0.15) is 11.4 Å². The van der Waals surface area contributed by atoms with Crippen LogP contribution in [-0.2, 0) is 19.3 Å². The Bertz CT molecular complexity index is 1430. The minimum atomic E-state index is -0.924. The zero-order valence-corrected chi connectivity index (χ0v) is 19.0. The molecule has 1 aromatic heterocycles. The summed E-state index contributed by atoms with van der Waals surface area (Å²) in [6.45, 7) is 0.521. The second-order valence-electron chi connectivity index (χ2n) is 8.58. The highest BCUT2D eigenvalue weighted by Gasteiger charge is 2.17. The monoisotopic (exact) mass is 449 g/mol. The Balaban J connectivity index is 1.31. The second kappa shape index (κ2) is 9.84. The van der Waals surface area contributed by atoms with E-state index in [4.69, 9.17) is 4.74 Å². The van der Waals surface area contributed by atoms with Crippen molar-refractivity contribution >= 4 is 27.6 Å². The Morgan fingerprint density at radius 2 is 1.53 bits per heavy atom. The van der Waals surface area contributed by atoms with Gasteiger partial charge in [0.25, 0.3) is 0 Å². The van der Waals surface area contributed by atoms with Gasteiger partial charge in [-0.1, -0.05) is 72.8 Å². The molecule has 2 N–H and O–H groups in total. The van der Waals surface area contributed by atoms with Crippen molar-refractivity contribution in [2.24, 2.45) is 0 Å². The van der Waals surface area contributed by atoms with E-state index in [1.165, 1.54) is 11.1 Å². The van der Waals surface area contributed by atoms with Gasteiger partial charge in [-0.3, -0.25) is 0 Å². The van der Waals surface area contributed by atoms with Gasteiger partial charge >= 0.3 is 5.97 Å². The number of rotatable bonds is 9. The smallest absolute Gasteiger partial charge is 0.352 e. The molecule has 4 aromatic carbocycles. The van der Waals surface area contributed by atoms with E-state index in [0.717, 1.165) is 52.3 Å². The van der Waals surface area contributed by atoms with Crippen LogP contribution in [0.1, 0.15) is 33.6 Å². The Labute approximate surface area is 198 Å². The molecule has 0 aliphatic heterocycles. The van der Waals surface area contributed by atoms with Crippen LogP contribution < -0.4 is 4.74 Å². The Morgan fingerprint density at radius 1 is 0.765 bits per heavy atom. The third kappa shape index (κ3) is 4.67. The number of carboxylic acid groups (broad SMARTS) is 1. The number of aromatic carboxylic acids is 1. The number of nitrogens with one attached hydrogen (secondary N) is 1. The predicted octanol–water partition coefficient (Wildman–Crippen LogP) is 6.82. The van der Waals surface area contributed by atoms with Crippen molar-refractivity contribution in [1.29, 1.82) is 0 Å². The van der Waals surface area contributed by atoms with Crippen LogP contribution in [0.3, 0.4) is 0 Å². The van der Waals surface area contributed by atoms with Crippen molar-refractivity contribution < 1.29 is 14.6 Å². The Kier molecular flexibility index (Phi) is 6.30. The molecule has 5 rings (SSSR count). The predicted molar refractivity (Wildman–Crippen MR) is 137 cm³/mol. The molecule has 0 unspecified atom stereocenters. The summed E-state index contributed by atoms with van der Waals surface area (Å²) in [5.74, 6) is -0.0642. The van der Waals surface area contributed by atoms with Crippen molar-refractivity contribution in [2.75, 3.05) is 6.61 Å². The maximum Gasteiger partial charge on any atom is 0.352 e. The number of hydrogen-bond acceptors (Lipinski definition) is 2. The van der Waals surface area contributed by atoms with Gasteiger partial charge in [-0.25, -0.2) is 4.79 Å². The average Bonchev–Trinajstić information content (AvgIpc) is 3.24. The number of aromatic amines is 1. The lowest BCUT2D eigenvalue weighted by atomic mass is 10.00. The number of aromatic nitrogens is 1. The third-order valence-corrected chi connectivity index (χ3v) is 6.31. The van der Waals surface area contributed by atoms with Crippen LogP contribution in [0.25, 0.3) is 21.7 Å². The molecule has 170 valence electrons. The molecule has 4 heteroatoms. The first-order chi connectivity index (χ1) is 16.7. The molecule has 5 aromatic rings. The molecule has 0 amide bonds. The summed E-state index contributed by atoms with van der Waals surface area (Å²) in [5, 5.41) is 13.0. The summed E-state index contributed by atoms with van der Waals surface area (Å²) < 4.78 is 6.08. The summed E-state index contributed by atoms with van der Waals surface area (Å²) in [6, 6.07) is 30.9. The third-order valence-electron chi connectivity index (χ3n) is 6.31. The van der Waals surface area contributed by atoms with E-state index in [1.807, 2.05) is 36.4 Å². The highest BCUT2D eigenvalue weighted by molar-refractivity contribution is 5.97. The molecule has 0 saturated heterocycles. The molecule has 0 radical (unpaired) electrons. The van der Waals surface area contributed by atoms with E-state index in [9.17, 15) is 9.90 Å². The summed E-state index contributed by atoms with van der Waals surface area (Å²) >= 11 is 0. The summed E-state index contributed by atoms with van der Waals surface area (Å²) in [6.07, 6.45) is 3.23. The zero-order chi connectivity index (χ0) is 23.3. The van der Waals surface area contributed by atoms with Crippen molar-refractivity contribution in [1.82, 2.24) is 4.98 Å². The van der Waals surface area contributed by atoms with Gasteiger partial charge in [0, 0.05) is 16.3 Å². The van der Waals surface area contributed by atoms with Crippen LogP contribution in [0.5, 0.6) is 5.75 Å². The van der Waals surface area contributed by atoms with E-state index >= 15 is 0 Å². The van der Waals surface area contributed by atoms with Gasteiger partial charge < -0.3 is 14.8 Å². The number of H-pyrrole nitrogens is 1. The first-order valence-electron chi connectivity index (χ1n) is 11.7. The highest BCUT2D eigenvalue weighted by atomic mass is 16.5. The fourth-order valence-corrected chi connectivity index (χ4v) is 4.58. The van der Waals surface area contributed by atoms with Crippen LogP contribution in [0, 0.1) is 0 Å². The molecule has 4 nitrogen and oxygen atoms in total. The van der Waals surface area contributed by atoms with Gasteiger partial charge in [0.05, 0.1) is 6.61 Å². The number of fused-ring (bicyclic) bond motifs is 2. The zero-order valence-electron chi connectivity index (χ0n) is 19.0. The molecule has 34 heavy (non-hydrogen) atoms. The molecule has 0 atom stereocenters. The fourth-order valence-electron chi connectivity index (χ4n) is 4.58. The van der Waals surface area contributed by atoms with Gasteiger partial charge in [-0.2, -0.15) is 0 Å². The van der Waals surface area contributed by atoms with Crippen molar-refractivity contribution in [3.63, 3.8) is 0 Å². The van der Waals surface area contributed by atoms with Crippen molar-refractivity contribution in [2.45, 2.75) is 25.7 Å².